The smallest absolute Gasteiger partial charge is 0.149 e. The fourth-order valence-electron chi connectivity index (χ4n) is 1.14. The molecule has 0 spiro atoms. The van der Waals surface area contributed by atoms with Gasteiger partial charge in [-0.2, -0.15) is 0 Å². The van der Waals surface area contributed by atoms with Crippen molar-refractivity contribution in [2.75, 3.05) is 7.11 Å². The van der Waals surface area contributed by atoms with E-state index in [4.69, 9.17) is 4.74 Å². The molecule has 1 aromatic rings. The van der Waals surface area contributed by atoms with Crippen LogP contribution in [0.4, 0.5) is 8.78 Å². The minimum Gasteiger partial charge on any atom is -0.496 e. The Morgan fingerprint density at radius 1 is 1.44 bits per heavy atom. The number of hydrogen-bond donors (Lipinski definition) is 0. The zero-order chi connectivity index (χ0) is 12.1. The van der Waals surface area contributed by atoms with Gasteiger partial charge in [0.1, 0.15) is 23.7 Å². The second kappa shape index (κ2) is 5.21. The molecule has 0 unspecified atom stereocenters. The summed E-state index contributed by atoms with van der Waals surface area (Å²) >= 11 is 0. The van der Waals surface area contributed by atoms with E-state index in [0.29, 0.717) is 6.29 Å². The van der Waals surface area contributed by atoms with Crippen molar-refractivity contribution in [3.63, 3.8) is 0 Å². The number of halogens is 2. The van der Waals surface area contributed by atoms with E-state index in [-0.39, 0.29) is 16.9 Å². The highest BCUT2D eigenvalue weighted by atomic mass is 19.1. The number of benzene rings is 1. The van der Waals surface area contributed by atoms with Gasteiger partial charge in [0.15, 0.2) is 0 Å². The van der Waals surface area contributed by atoms with Crippen molar-refractivity contribution >= 4 is 12.0 Å². The van der Waals surface area contributed by atoms with Crippen molar-refractivity contribution in [3.05, 3.63) is 53.6 Å². The number of methoxy groups -OCH3 is 1. The summed E-state index contributed by atoms with van der Waals surface area (Å²) < 4.78 is 30.9. The predicted octanol–water partition coefficient (Wildman–Crippen LogP) is 2.71. The van der Waals surface area contributed by atoms with Gasteiger partial charge in [0, 0.05) is 11.6 Å². The molecule has 0 N–H and O–H groups in total. The Bertz CT molecular complexity index is 450. The maximum Gasteiger partial charge on any atom is 0.149 e. The number of rotatable bonds is 4. The van der Waals surface area contributed by atoms with E-state index in [1.165, 1.54) is 19.3 Å². The molecule has 2 nitrogen and oxygen atoms in total. The van der Waals surface area contributed by atoms with Crippen LogP contribution in [-0.2, 0) is 9.53 Å². The van der Waals surface area contributed by atoms with Gasteiger partial charge in [-0.15, -0.1) is 0 Å². The van der Waals surface area contributed by atoms with Gasteiger partial charge in [-0.25, -0.2) is 8.78 Å². The van der Waals surface area contributed by atoms with Crippen molar-refractivity contribution in [1.82, 2.24) is 0 Å². The molecule has 1 rings (SSSR count). The summed E-state index contributed by atoms with van der Waals surface area (Å²) in [5, 5.41) is 0. The number of allylic oxidation sites excluding steroid dienone is 2. The Morgan fingerprint density at radius 2 is 2.12 bits per heavy atom. The third-order valence-corrected chi connectivity index (χ3v) is 1.88. The Morgan fingerprint density at radius 3 is 2.62 bits per heavy atom. The highest BCUT2D eigenvalue weighted by Gasteiger charge is 2.09. The standard InChI is InChI=1S/C12H10F2O2/c1-8(7-15)5-12(16-2)10-4-3-9(13)6-11(10)14/h3-7H,1H2,2H3/b12-5-. The first-order valence-corrected chi connectivity index (χ1v) is 4.43. The fourth-order valence-corrected chi connectivity index (χ4v) is 1.14. The van der Waals surface area contributed by atoms with Crippen LogP contribution in [0.1, 0.15) is 5.56 Å². The number of aldehydes is 1. The molecule has 4 heteroatoms. The summed E-state index contributed by atoms with van der Waals surface area (Å²) in [6.45, 7) is 3.41. The first-order valence-electron chi connectivity index (χ1n) is 4.43. The maximum atomic E-state index is 13.4. The lowest BCUT2D eigenvalue weighted by Gasteiger charge is -2.07. The van der Waals surface area contributed by atoms with E-state index in [2.05, 4.69) is 6.58 Å². The summed E-state index contributed by atoms with van der Waals surface area (Å²) in [5.74, 6) is -1.31. The van der Waals surface area contributed by atoms with Crippen LogP contribution in [0.25, 0.3) is 5.76 Å². The molecule has 0 amide bonds. The number of carbonyl (C=O) groups is 1. The molecule has 0 fully saturated rings. The van der Waals surface area contributed by atoms with Crippen molar-refractivity contribution in [2.24, 2.45) is 0 Å². The molecule has 0 bridgehead atoms. The van der Waals surface area contributed by atoms with Crippen LogP contribution < -0.4 is 0 Å². The molecule has 0 saturated carbocycles. The largest absolute Gasteiger partial charge is 0.496 e. The van der Waals surface area contributed by atoms with E-state index in [1.54, 1.807) is 0 Å². The van der Waals surface area contributed by atoms with Gasteiger partial charge in [-0.05, 0) is 18.2 Å². The van der Waals surface area contributed by atoms with E-state index in [1.807, 2.05) is 0 Å². The molecule has 0 heterocycles. The second-order valence-corrected chi connectivity index (χ2v) is 3.03. The van der Waals surface area contributed by atoms with Crippen LogP contribution in [0.3, 0.4) is 0 Å². The van der Waals surface area contributed by atoms with Crippen LogP contribution >= 0.6 is 0 Å². The quantitative estimate of drug-likeness (QED) is 0.340. The lowest BCUT2D eigenvalue weighted by molar-refractivity contribution is -0.104. The minimum absolute atomic E-state index is 0.0758. The summed E-state index contributed by atoms with van der Waals surface area (Å²) in [6.07, 6.45) is 1.80. The van der Waals surface area contributed by atoms with Crippen molar-refractivity contribution in [3.8, 4) is 0 Å². The lowest BCUT2D eigenvalue weighted by atomic mass is 10.1. The topological polar surface area (TPSA) is 26.3 Å². The molecule has 0 radical (unpaired) electrons. The van der Waals surface area contributed by atoms with Gasteiger partial charge in [0.25, 0.3) is 0 Å². The molecule has 0 aliphatic rings. The first kappa shape index (κ1) is 12.1. The van der Waals surface area contributed by atoms with Crippen LogP contribution in [0, 0.1) is 11.6 Å². The summed E-state index contributed by atoms with van der Waals surface area (Å²) in [7, 11) is 1.33. The van der Waals surface area contributed by atoms with E-state index in [0.717, 1.165) is 12.1 Å². The monoisotopic (exact) mass is 224 g/mol. The summed E-state index contributed by atoms with van der Waals surface area (Å²) in [6, 6.07) is 3.08. The minimum atomic E-state index is -0.758. The average molecular weight is 224 g/mol. The maximum absolute atomic E-state index is 13.4. The lowest BCUT2D eigenvalue weighted by Crippen LogP contribution is -1.94. The third kappa shape index (κ3) is 2.76. The van der Waals surface area contributed by atoms with Gasteiger partial charge in [0.2, 0.25) is 0 Å². The molecule has 0 saturated heterocycles. The Labute approximate surface area is 91.8 Å². The van der Waals surface area contributed by atoms with E-state index in [9.17, 15) is 13.6 Å². The third-order valence-electron chi connectivity index (χ3n) is 1.88. The molecule has 0 aliphatic heterocycles. The molecule has 84 valence electrons. The van der Waals surface area contributed by atoms with Gasteiger partial charge in [0.05, 0.1) is 12.7 Å². The highest BCUT2D eigenvalue weighted by molar-refractivity contribution is 5.80. The molecular weight excluding hydrogens is 214 g/mol. The van der Waals surface area contributed by atoms with Gasteiger partial charge >= 0.3 is 0 Å². The first-order chi connectivity index (χ1) is 7.58. The Kier molecular flexibility index (Phi) is 3.94. The van der Waals surface area contributed by atoms with Crippen molar-refractivity contribution < 1.29 is 18.3 Å². The van der Waals surface area contributed by atoms with Crippen molar-refractivity contribution in [1.29, 1.82) is 0 Å². The van der Waals surface area contributed by atoms with Crippen molar-refractivity contribution in [2.45, 2.75) is 0 Å². The molecular formula is C12H10F2O2. The molecule has 0 aromatic heterocycles. The number of hydrogen-bond acceptors (Lipinski definition) is 2. The SMILES string of the molecule is C=C(C=O)/C=C(\OC)c1ccc(F)cc1F. The Balaban J connectivity index is 3.18. The van der Waals surface area contributed by atoms with E-state index < -0.39 is 11.6 Å². The normalized spacial score (nSPS) is 11.1. The van der Waals surface area contributed by atoms with Crippen LogP contribution in [-0.4, -0.2) is 13.4 Å². The molecule has 16 heavy (non-hydrogen) atoms. The number of ether oxygens (including phenoxy) is 1. The van der Waals surface area contributed by atoms with Gasteiger partial charge in [-0.3, -0.25) is 4.79 Å². The molecule has 0 aliphatic carbocycles. The summed E-state index contributed by atoms with van der Waals surface area (Å²) in [5.41, 5.74) is 0.215. The molecule has 0 atom stereocenters. The molecule has 1 aromatic carbocycles. The van der Waals surface area contributed by atoms with Crippen LogP contribution in [0.15, 0.2) is 36.4 Å². The van der Waals surface area contributed by atoms with Gasteiger partial charge in [-0.1, -0.05) is 6.58 Å². The highest BCUT2D eigenvalue weighted by Crippen LogP contribution is 2.20. The predicted molar refractivity (Wildman–Crippen MR) is 56.5 cm³/mol. The summed E-state index contributed by atoms with van der Waals surface area (Å²) in [4.78, 5) is 10.4. The number of carbonyl (C=O) groups excluding carboxylic acids is 1. The van der Waals surface area contributed by atoms with Crippen LogP contribution in [0.5, 0.6) is 0 Å². The van der Waals surface area contributed by atoms with Gasteiger partial charge < -0.3 is 4.74 Å². The second-order valence-electron chi connectivity index (χ2n) is 3.03. The fraction of sp³-hybridized carbons (Fsp3) is 0.0833. The van der Waals surface area contributed by atoms with E-state index >= 15 is 0 Å². The average Bonchev–Trinajstić information content (AvgIpc) is 2.26. The Hall–Kier alpha value is -1.97. The zero-order valence-corrected chi connectivity index (χ0v) is 8.67. The van der Waals surface area contributed by atoms with Crippen LogP contribution in [0.2, 0.25) is 0 Å². The zero-order valence-electron chi connectivity index (χ0n) is 8.67.